The van der Waals surface area contributed by atoms with Crippen LogP contribution in [0.15, 0.2) is 48.8 Å². The van der Waals surface area contributed by atoms with Crippen LogP contribution >= 0.6 is 0 Å². The van der Waals surface area contributed by atoms with Crippen molar-refractivity contribution in [2.75, 3.05) is 32.1 Å². The van der Waals surface area contributed by atoms with Gasteiger partial charge in [-0.3, -0.25) is 4.98 Å². The zero-order valence-corrected chi connectivity index (χ0v) is 12.0. The number of likely N-dealkylation sites (N-methyl/N-ethyl adjacent to an activating group) is 1. The molecule has 0 amide bonds. The molecule has 2 aromatic rings. The predicted molar refractivity (Wildman–Crippen MR) is 82.2 cm³/mol. The maximum absolute atomic E-state index is 5.37. The van der Waals surface area contributed by atoms with Crippen LogP contribution in [0.25, 0.3) is 0 Å². The Hall–Kier alpha value is -2.07. The number of anilines is 1. The number of pyridine rings is 1. The lowest BCUT2D eigenvalue weighted by Gasteiger charge is -2.21. The standard InChI is InChI=1S/C16H21N3O/c1-19(15-7-3-4-8-16(15)20-2)11-10-18-13-14-6-5-9-17-12-14/h3-9,12,18H,10-11,13H2,1-2H3. The van der Waals surface area contributed by atoms with Gasteiger partial charge in [0.1, 0.15) is 5.75 Å². The van der Waals surface area contributed by atoms with E-state index in [1.54, 1.807) is 13.3 Å². The Morgan fingerprint density at radius 1 is 1.20 bits per heavy atom. The summed E-state index contributed by atoms with van der Waals surface area (Å²) in [6, 6.07) is 12.1. The summed E-state index contributed by atoms with van der Waals surface area (Å²) in [6.45, 7) is 2.66. The van der Waals surface area contributed by atoms with Crippen LogP contribution in [0.5, 0.6) is 5.75 Å². The van der Waals surface area contributed by atoms with Crippen molar-refractivity contribution in [1.82, 2.24) is 10.3 Å². The van der Waals surface area contributed by atoms with Gasteiger partial charge in [-0.2, -0.15) is 0 Å². The first-order chi connectivity index (χ1) is 9.81. The first-order valence-electron chi connectivity index (χ1n) is 6.75. The number of ether oxygens (including phenoxy) is 1. The second kappa shape index (κ2) is 7.50. The second-order valence-electron chi connectivity index (χ2n) is 4.63. The predicted octanol–water partition coefficient (Wildman–Crippen LogP) is 2.32. The van der Waals surface area contributed by atoms with Crippen LogP contribution in [0.2, 0.25) is 0 Å². The zero-order valence-electron chi connectivity index (χ0n) is 12.0. The van der Waals surface area contributed by atoms with Gasteiger partial charge in [0.25, 0.3) is 0 Å². The number of para-hydroxylation sites is 2. The van der Waals surface area contributed by atoms with E-state index < -0.39 is 0 Å². The number of benzene rings is 1. The van der Waals surface area contributed by atoms with Gasteiger partial charge in [-0.1, -0.05) is 18.2 Å². The van der Waals surface area contributed by atoms with Gasteiger partial charge >= 0.3 is 0 Å². The van der Waals surface area contributed by atoms with E-state index >= 15 is 0 Å². The van der Waals surface area contributed by atoms with Crippen LogP contribution in [-0.4, -0.2) is 32.2 Å². The average molecular weight is 271 g/mol. The number of aromatic nitrogens is 1. The number of hydrogen-bond acceptors (Lipinski definition) is 4. The average Bonchev–Trinajstić information content (AvgIpc) is 2.52. The second-order valence-corrected chi connectivity index (χ2v) is 4.63. The molecule has 0 radical (unpaired) electrons. The molecule has 1 aromatic heterocycles. The molecule has 106 valence electrons. The molecule has 1 aromatic carbocycles. The molecule has 0 saturated heterocycles. The van der Waals surface area contributed by atoms with Crippen molar-refractivity contribution >= 4 is 5.69 Å². The van der Waals surface area contributed by atoms with Crippen molar-refractivity contribution < 1.29 is 4.74 Å². The number of nitrogens with one attached hydrogen (secondary N) is 1. The number of nitrogens with zero attached hydrogens (tertiary/aromatic N) is 2. The van der Waals surface area contributed by atoms with Gasteiger partial charge in [-0.15, -0.1) is 0 Å². The van der Waals surface area contributed by atoms with E-state index in [9.17, 15) is 0 Å². The molecule has 1 heterocycles. The highest BCUT2D eigenvalue weighted by Gasteiger charge is 2.06. The van der Waals surface area contributed by atoms with Gasteiger partial charge in [0.05, 0.1) is 12.8 Å². The Morgan fingerprint density at radius 3 is 2.80 bits per heavy atom. The van der Waals surface area contributed by atoms with Crippen LogP contribution in [0, 0.1) is 0 Å². The van der Waals surface area contributed by atoms with Gasteiger partial charge in [-0.05, 0) is 23.8 Å². The molecule has 0 spiro atoms. The normalized spacial score (nSPS) is 10.3. The van der Waals surface area contributed by atoms with Crippen LogP contribution in [0.1, 0.15) is 5.56 Å². The zero-order chi connectivity index (χ0) is 14.2. The van der Waals surface area contributed by atoms with E-state index in [1.165, 1.54) is 5.56 Å². The molecule has 0 aliphatic rings. The minimum Gasteiger partial charge on any atom is -0.495 e. The quantitative estimate of drug-likeness (QED) is 0.784. The molecule has 0 aliphatic carbocycles. The van der Waals surface area contributed by atoms with Crippen molar-refractivity contribution in [3.8, 4) is 5.75 Å². The molecule has 0 bridgehead atoms. The fourth-order valence-corrected chi connectivity index (χ4v) is 2.05. The number of rotatable bonds is 7. The molecule has 0 aliphatic heterocycles. The SMILES string of the molecule is COc1ccccc1N(C)CCNCc1cccnc1. The number of methoxy groups -OCH3 is 1. The van der Waals surface area contributed by atoms with Gasteiger partial charge in [-0.25, -0.2) is 0 Å². The van der Waals surface area contributed by atoms with Crippen LogP contribution in [0.3, 0.4) is 0 Å². The fraction of sp³-hybridized carbons (Fsp3) is 0.312. The van der Waals surface area contributed by atoms with Crippen molar-refractivity contribution in [3.05, 3.63) is 54.4 Å². The Labute approximate surface area is 120 Å². The number of hydrogen-bond donors (Lipinski definition) is 1. The van der Waals surface area contributed by atoms with Gasteiger partial charge in [0, 0.05) is 39.1 Å². The highest BCUT2D eigenvalue weighted by molar-refractivity contribution is 5.57. The first kappa shape index (κ1) is 14.3. The highest BCUT2D eigenvalue weighted by Crippen LogP contribution is 2.25. The Kier molecular flexibility index (Phi) is 5.38. The minimum atomic E-state index is 0.841. The van der Waals surface area contributed by atoms with E-state index in [0.29, 0.717) is 0 Å². The van der Waals surface area contributed by atoms with E-state index in [1.807, 2.05) is 30.5 Å². The van der Waals surface area contributed by atoms with Gasteiger partial charge in [0.2, 0.25) is 0 Å². The maximum Gasteiger partial charge on any atom is 0.142 e. The molecular formula is C16H21N3O. The lowest BCUT2D eigenvalue weighted by Crippen LogP contribution is -2.29. The summed E-state index contributed by atoms with van der Waals surface area (Å²) in [5, 5.41) is 3.42. The molecule has 4 nitrogen and oxygen atoms in total. The summed E-state index contributed by atoms with van der Waals surface area (Å²) in [5.74, 6) is 0.905. The lowest BCUT2D eigenvalue weighted by atomic mass is 10.2. The third-order valence-electron chi connectivity index (χ3n) is 3.17. The van der Waals surface area contributed by atoms with Gasteiger partial charge < -0.3 is 15.0 Å². The molecule has 20 heavy (non-hydrogen) atoms. The minimum absolute atomic E-state index is 0.841. The third kappa shape index (κ3) is 3.96. The lowest BCUT2D eigenvalue weighted by molar-refractivity contribution is 0.414. The highest BCUT2D eigenvalue weighted by atomic mass is 16.5. The molecule has 2 rings (SSSR count). The van der Waals surface area contributed by atoms with Crippen molar-refractivity contribution in [2.24, 2.45) is 0 Å². The Balaban J connectivity index is 1.79. The van der Waals surface area contributed by atoms with E-state index in [0.717, 1.165) is 31.1 Å². The van der Waals surface area contributed by atoms with Crippen molar-refractivity contribution in [3.63, 3.8) is 0 Å². The topological polar surface area (TPSA) is 37.4 Å². The summed E-state index contributed by atoms with van der Waals surface area (Å²) < 4.78 is 5.37. The Morgan fingerprint density at radius 2 is 2.05 bits per heavy atom. The Bertz CT molecular complexity index is 516. The first-order valence-corrected chi connectivity index (χ1v) is 6.75. The fourth-order valence-electron chi connectivity index (χ4n) is 2.05. The van der Waals surface area contributed by atoms with Crippen molar-refractivity contribution in [2.45, 2.75) is 6.54 Å². The van der Waals surface area contributed by atoms with E-state index in [2.05, 4.69) is 34.4 Å². The summed E-state index contributed by atoms with van der Waals surface area (Å²) in [6.07, 6.45) is 3.68. The maximum atomic E-state index is 5.37. The molecule has 4 heteroatoms. The monoisotopic (exact) mass is 271 g/mol. The van der Waals surface area contributed by atoms with E-state index in [4.69, 9.17) is 4.74 Å². The summed E-state index contributed by atoms with van der Waals surface area (Å²) in [4.78, 5) is 6.29. The molecular weight excluding hydrogens is 250 g/mol. The van der Waals surface area contributed by atoms with Crippen molar-refractivity contribution in [1.29, 1.82) is 0 Å². The molecule has 0 fully saturated rings. The van der Waals surface area contributed by atoms with Crippen LogP contribution < -0.4 is 15.0 Å². The summed E-state index contributed by atoms with van der Waals surface area (Å²) in [7, 11) is 3.77. The summed E-state index contributed by atoms with van der Waals surface area (Å²) >= 11 is 0. The van der Waals surface area contributed by atoms with Crippen LogP contribution in [-0.2, 0) is 6.54 Å². The third-order valence-corrected chi connectivity index (χ3v) is 3.17. The largest absolute Gasteiger partial charge is 0.495 e. The van der Waals surface area contributed by atoms with E-state index in [-0.39, 0.29) is 0 Å². The smallest absolute Gasteiger partial charge is 0.142 e. The molecule has 0 unspecified atom stereocenters. The molecule has 0 atom stereocenters. The molecule has 1 N–H and O–H groups in total. The molecule has 0 saturated carbocycles. The summed E-state index contributed by atoms with van der Waals surface area (Å²) in [5.41, 5.74) is 2.31. The van der Waals surface area contributed by atoms with Crippen LogP contribution in [0.4, 0.5) is 5.69 Å². The van der Waals surface area contributed by atoms with Gasteiger partial charge in [0.15, 0.2) is 0 Å².